The van der Waals surface area contributed by atoms with Crippen molar-refractivity contribution in [2.75, 3.05) is 12.3 Å². The van der Waals surface area contributed by atoms with Crippen molar-refractivity contribution < 1.29 is 17.3 Å². The summed E-state index contributed by atoms with van der Waals surface area (Å²) in [5.74, 6) is -0.721. The van der Waals surface area contributed by atoms with Crippen LogP contribution >= 0.6 is 0 Å². The van der Waals surface area contributed by atoms with E-state index in [2.05, 4.69) is 11.1 Å². The molecule has 2 nitrogen and oxygen atoms in total. The molecule has 1 N–H and O–H groups in total. The number of nitrogens with zero attached hydrogens (tertiary/aromatic N) is 1. The summed E-state index contributed by atoms with van der Waals surface area (Å²) in [5.41, 5.74) is -1.15. The van der Waals surface area contributed by atoms with Crippen LogP contribution in [0.15, 0.2) is 12.3 Å². The van der Waals surface area contributed by atoms with Crippen molar-refractivity contribution >= 4 is 5.82 Å². The number of nitrogens with one attached hydrogen (secondary N) is 1. The minimum atomic E-state index is -4.65. The molecule has 0 aliphatic heterocycles. The molecule has 1 aromatic heterocycles. The van der Waals surface area contributed by atoms with Gasteiger partial charge in [0.15, 0.2) is 0 Å². The fraction of sp³-hybridized carbons (Fsp3) is 0.286. The number of aromatic nitrogens is 1. The van der Waals surface area contributed by atoms with E-state index in [1.165, 1.54) is 0 Å². The summed E-state index contributed by atoms with van der Waals surface area (Å²) >= 11 is 0. The van der Waals surface area contributed by atoms with Crippen molar-refractivity contribution in [3.05, 3.63) is 23.9 Å². The third-order valence-electron chi connectivity index (χ3n) is 1.17. The number of anilines is 1. The van der Waals surface area contributed by atoms with E-state index in [1.807, 2.05) is 0 Å². The summed E-state index contributed by atoms with van der Waals surface area (Å²) in [5, 5.41) is 1.71. The zero-order valence-corrected chi connectivity index (χ0v) is 5.74. The zero-order valence-electron chi connectivity index (χ0n) is 8.74. The van der Waals surface area contributed by atoms with Gasteiger partial charge in [0.2, 0.25) is 0 Å². The Hall–Kier alpha value is -1.26. The molecule has 0 bridgehead atoms. The first-order valence-corrected chi connectivity index (χ1v) is 2.91. The summed E-state index contributed by atoms with van der Waals surface area (Å²) in [4.78, 5) is 3.28. The lowest BCUT2D eigenvalue weighted by molar-refractivity contribution is -0.137. The lowest BCUT2D eigenvalue weighted by Crippen LogP contribution is -2.09. The predicted molar refractivity (Wildman–Crippen MR) is 37.6 cm³/mol. The third kappa shape index (κ3) is 1.66. The third-order valence-corrected chi connectivity index (χ3v) is 1.17. The predicted octanol–water partition coefficient (Wildman–Crippen LogP) is 1.94. The Kier molecular flexibility index (Phi) is 1.35. The van der Waals surface area contributed by atoms with Crippen LogP contribution in [0, 0.1) is 6.07 Å². The molecule has 1 radical (unpaired) electrons. The van der Waals surface area contributed by atoms with Crippen LogP contribution < -0.4 is 5.32 Å². The van der Waals surface area contributed by atoms with Gasteiger partial charge in [0.05, 0.1) is 5.56 Å². The topological polar surface area (TPSA) is 24.9 Å². The normalized spacial score (nSPS) is 16.1. The van der Waals surface area contributed by atoms with Gasteiger partial charge in [-0.1, -0.05) is 0 Å². The molecule has 65 valence electrons. The largest absolute Gasteiger partial charge is 0.419 e. The van der Waals surface area contributed by atoms with Crippen LogP contribution in [0.3, 0.4) is 0 Å². The summed E-state index contributed by atoms with van der Waals surface area (Å²) < 4.78 is 57.3. The highest BCUT2D eigenvalue weighted by Crippen LogP contribution is 2.32. The standard InChI is InChI=1S/C7H6F3N2/c1-11-6-5(7(8,9)10)3-2-4-12-6/h3-4H,1H3,(H,11,12)/i1D3. The number of pyridine rings is 1. The molecule has 1 heterocycles. The molecule has 0 fully saturated rings. The van der Waals surface area contributed by atoms with Gasteiger partial charge in [-0.3, -0.25) is 0 Å². The van der Waals surface area contributed by atoms with Crippen molar-refractivity contribution in [3.63, 3.8) is 0 Å². The Morgan fingerprint density at radius 2 is 2.42 bits per heavy atom. The number of alkyl halides is 3. The van der Waals surface area contributed by atoms with Gasteiger partial charge in [-0.2, -0.15) is 13.2 Å². The van der Waals surface area contributed by atoms with Gasteiger partial charge >= 0.3 is 6.18 Å². The van der Waals surface area contributed by atoms with Gasteiger partial charge in [-0.15, -0.1) is 0 Å². The van der Waals surface area contributed by atoms with Crippen molar-refractivity contribution in [1.29, 1.82) is 0 Å². The number of halogens is 3. The van der Waals surface area contributed by atoms with E-state index in [0.29, 0.717) is 6.07 Å². The SMILES string of the molecule is [2H]C([2H])([2H])Nc1nc[c]cc1C(F)(F)F. The highest BCUT2D eigenvalue weighted by molar-refractivity contribution is 5.44. The van der Waals surface area contributed by atoms with Crippen molar-refractivity contribution in [3.8, 4) is 0 Å². The van der Waals surface area contributed by atoms with Crippen molar-refractivity contribution in [2.24, 2.45) is 0 Å². The molecule has 0 atom stereocenters. The van der Waals surface area contributed by atoms with Crippen molar-refractivity contribution in [1.82, 2.24) is 4.98 Å². The van der Waals surface area contributed by atoms with Crippen LogP contribution in [0.1, 0.15) is 9.68 Å². The zero-order chi connectivity index (χ0) is 11.7. The molecule has 12 heavy (non-hydrogen) atoms. The van der Waals surface area contributed by atoms with Gasteiger partial charge < -0.3 is 5.32 Å². The van der Waals surface area contributed by atoms with Crippen LogP contribution in [0.25, 0.3) is 0 Å². The fourth-order valence-corrected chi connectivity index (χ4v) is 0.676. The summed E-state index contributed by atoms with van der Waals surface area (Å²) in [7, 11) is 0. The van der Waals surface area contributed by atoms with Gasteiger partial charge in [-0.25, -0.2) is 4.98 Å². The maximum Gasteiger partial charge on any atom is 0.419 e. The molecule has 0 amide bonds. The van der Waals surface area contributed by atoms with Crippen LogP contribution in [-0.4, -0.2) is 12.0 Å². The Morgan fingerprint density at radius 3 is 3.00 bits per heavy atom. The molecule has 0 aromatic carbocycles. The second-order valence-corrected chi connectivity index (χ2v) is 1.95. The highest BCUT2D eigenvalue weighted by Gasteiger charge is 2.33. The van der Waals surface area contributed by atoms with Crippen molar-refractivity contribution in [2.45, 2.75) is 6.18 Å². The molecular weight excluding hydrogens is 169 g/mol. The van der Waals surface area contributed by atoms with Crippen LogP contribution in [-0.2, 0) is 6.18 Å². The number of hydrogen-bond donors (Lipinski definition) is 1. The van der Waals surface area contributed by atoms with E-state index in [-0.39, 0.29) is 0 Å². The van der Waals surface area contributed by atoms with Gasteiger partial charge in [0.25, 0.3) is 0 Å². The second kappa shape index (κ2) is 3.00. The molecule has 5 heteroatoms. The minimum Gasteiger partial charge on any atom is -0.373 e. The highest BCUT2D eigenvalue weighted by atomic mass is 19.4. The van der Waals surface area contributed by atoms with E-state index in [1.54, 1.807) is 5.32 Å². The van der Waals surface area contributed by atoms with E-state index < -0.39 is 24.5 Å². The summed E-state index contributed by atoms with van der Waals surface area (Å²) in [6, 6.07) is 2.78. The first-order valence-electron chi connectivity index (χ1n) is 4.41. The van der Waals surface area contributed by atoms with E-state index in [4.69, 9.17) is 4.11 Å². The molecule has 0 aliphatic carbocycles. The molecular formula is C7H6F3N2. The lowest BCUT2D eigenvalue weighted by Gasteiger charge is -2.09. The molecule has 0 aliphatic rings. The number of hydrogen-bond acceptors (Lipinski definition) is 2. The van der Waals surface area contributed by atoms with Gasteiger partial charge in [0, 0.05) is 23.4 Å². The van der Waals surface area contributed by atoms with E-state index in [0.717, 1.165) is 6.20 Å². The molecule has 0 unspecified atom stereocenters. The van der Waals surface area contributed by atoms with E-state index in [9.17, 15) is 13.2 Å². The average Bonchev–Trinajstić information content (AvgIpc) is 1.99. The average molecular weight is 178 g/mol. The molecule has 0 saturated heterocycles. The first kappa shape index (κ1) is 5.40. The summed E-state index contributed by atoms with van der Waals surface area (Å²) in [6.07, 6.45) is -3.69. The second-order valence-electron chi connectivity index (χ2n) is 1.95. The maximum atomic E-state index is 12.3. The van der Waals surface area contributed by atoms with Gasteiger partial charge in [-0.05, 0) is 6.07 Å². The Balaban J connectivity index is 3.08. The fourth-order valence-electron chi connectivity index (χ4n) is 0.676. The lowest BCUT2D eigenvalue weighted by atomic mass is 10.2. The molecule has 0 saturated carbocycles. The van der Waals surface area contributed by atoms with Crippen LogP contribution in [0.4, 0.5) is 19.0 Å². The first-order chi connectivity index (χ1) is 6.70. The molecule has 1 aromatic rings. The van der Waals surface area contributed by atoms with E-state index >= 15 is 0 Å². The summed E-state index contributed by atoms with van der Waals surface area (Å²) in [6.45, 7) is -2.71. The smallest absolute Gasteiger partial charge is 0.373 e. The molecule has 0 spiro atoms. The minimum absolute atomic E-state index is 0.640. The number of rotatable bonds is 1. The monoisotopic (exact) mass is 178 g/mol. The maximum absolute atomic E-state index is 12.3. The Bertz CT molecular complexity index is 348. The molecule has 1 rings (SSSR count). The van der Waals surface area contributed by atoms with Crippen LogP contribution in [0.5, 0.6) is 0 Å². The Morgan fingerprint density at radius 1 is 1.67 bits per heavy atom. The van der Waals surface area contributed by atoms with Crippen LogP contribution in [0.2, 0.25) is 0 Å². The van der Waals surface area contributed by atoms with Gasteiger partial charge in [0.1, 0.15) is 5.82 Å². The Labute approximate surface area is 71.6 Å². The quantitative estimate of drug-likeness (QED) is 0.710.